The van der Waals surface area contributed by atoms with Gasteiger partial charge in [-0.05, 0) is 24.6 Å². The van der Waals surface area contributed by atoms with Crippen molar-refractivity contribution in [3.63, 3.8) is 0 Å². The molecule has 0 atom stereocenters. The van der Waals surface area contributed by atoms with Gasteiger partial charge >= 0.3 is 0 Å². The van der Waals surface area contributed by atoms with E-state index in [0.29, 0.717) is 5.56 Å². The van der Waals surface area contributed by atoms with Crippen molar-refractivity contribution in [1.29, 1.82) is 5.26 Å². The van der Waals surface area contributed by atoms with E-state index in [2.05, 4.69) is 18.1 Å². The highest BCUT2D eigenvalue weighted by atomic mass is 15.3. The maximum absolute atomic E-state index is 8.73. The summed E-state index contributed by atoms with van der Waals surface area (Å²) in [4.78, 5) is 0. The van der Waals surface area contributed by atoms with Crippen LogP contribution in [0, 0.1) is 11.3 Å². The van der Waals surface area contributed by atoms with Gasteiger partial charge in [-0.3, -0.25) is 4.68 Å². The number of aromatic nitrogens is 2. The van der Waals surface area contributed by atoms with Crippen molar-refractivity contribution >= 4 is 10.9 Å². The zero-order valence-electron chi connectivity index (χ0n) is 8.07. The molecule has 2 rings (SSSR count). The van der Waals surface area contributed by atoms with E-state index in [0.717, 1.165) is 23.9 Å². The van der Waals surface area contributed by atoms with Crippen LogP contribution in [0.5, 0.6) is 0 Å². The fraction of sp³-hybridized carbons (Fsp3) is 0.273. The van der Waals surface area contributed by atoms with Crippen LogP contribution in [0.1, 0.15) is 18.9 Å². The van der Waals surface area contributed by atoms with Crippen molar-refractivity contribution in [2.24, 2.45) is 0 Å². The molecule has 3 nitrogen and oxygen atoms in total. The Kier molecular flexibility index (Phi) is 2.19. The van der Waals surface area contributed by atoms with Gasteiger partial charge in [0.1, 0.15) is 0 Å². The van der Waals surface area contributed by atoms with Gasteiger partial charge in [-0.25, -0.2) is 0 Å². The molecule has 14 heavy (non-hydrogen) atoms. The Hall–Kier alpha value is -1.82. The number of aryl methyl sites for hydroxylation is 1. The van der Waals surface area contributed by atoms with E-state index < -0.39 is 0 Å². The van der Waals surface area contributed by atoms with Crippen LogP contribution in [0.4, 0.5) is 0 Å². The Morgan fingerprint density at radius 1 is 1.50 bits per heavy atom. The minimum atomic E-state index is 0.688. The summed E-state index contributed by atoms with van der Waals surface area (Å²) in [6.07, 6.45) is 2.88. The summed E-state index contributed by atoms with van der Waals surface area (Å²) in [5.41, 5.74) is 1.79. The standard InChI is InChI=1S/C11H11N3/c1-2-5-14-11-4-3-9(7-12)6-10(11)8-13-14/h3-4,6,8H,2,5H2,1H3. The number of nitrogens with zero attached hydrogens (tertiary/aromatic N) is 3. The molecular weight excluding hydrogens is 174 g/mol. The summed E-state index contributed by atoms with van der Waals surface area (Å²) in [7, 11) is 0. The minimum absolute atomic E-state index is 0.688. The largest absolute Gasteiger partial charge is 0.265 e. The lowest BCUT2D eigenvalue weighted by atomic mass is 10.2. The normalized spacial score (nSPS) is 10.3. The number of hydrogen-bond donors (Lipinski definition) is 0. The Balaban J connectivity index is 2.55. The summed E-state index contributed by atoms with van der Waals surface area (Å²) >= 11 is 0. The van der Waals surface area contributed by atoms with Gasteiger partial charge in [0.15, 0.2) is 0 Å². The van der Waals surface area contributed by atoms with Crippen molar-refractivity contribution in [2.75, 3.05) is 0 Å². The third-order valence-corrected chi connectivity index (χ3v) is 2.21. The van der Waals surface area contributed by atoms with Gasteiger partial charge in [-0.15, -0.1) is 0 Å². The summed E-state index contributed by atoms with van der Waals surface area (Å²) < 4.78 is 1.97. The molecule has 0 amide bonds. The monoisotopic (exact) mass is 185 g/mol. The van der Waals surface area contributed by atoms with E-state index in [4.69, 9.17) is 5.26 Å². The van der Waals surface area contributed by atoms with Gasteiger partial charge in [0.25, 0.3) is 0 Å². The molecule has 3 heteroatoms. The number of nitriles is 1. The predicted octanol–water partition coefficient (Wildman–Crippen LogP) is 2.32. The molecule has 0 radical (unpaired) electrons. The Morgan fingerprint density at radius 3 is 3.07 bits per heavy atom. The maximum Gasteiger partial charge on any atom is 0.0991 e. The number of rotatable bonds is 2. The molecule has 0 aliphatic carbocycles. The molecule has 0 saturated carbocycles. The van der Waals surface area contributed by atoms with Gasteiger partial charge < -0.3 is 0 Å². The number of benzene rings is 1. The molecular formula is C11H11N3. The fourth-order valence-electron chi connectivity index (χ4n) is 1.55. The summed E-state index contributed by atoms with van der Waals surface area (Å²) in [5, 5.41) is 14.0. The van der Waals surface area contributed by atoms with Gasteiger partial charge in [0.2, 0.25) is 0 Å². The highest BCUT2D eigenvalue weighted by Gasteiger charge is 2.01. The van der Waals surface area contributed by atoms with E-state index in [-0.39, 0.29) is 0 Å². The molecule has 0 saturated heterocycles. The predicted molar refractivity (Wildman–Crippen MR) is 54.7 cm³/mol. The van der Waals surface area contributed by atoms with Crippen molar-refractivity contribution in [2.45, 2.75) is 19.9 Å². The second-order valence-electron chi connectivity index (χ2n) is 3.25. The highest BCUT2D eigenvalue weighted by Crippen LogP contribution is 2.15. The van der Waals surface area contributed by atoms with E-state index in [9.17, 15) is 0 Å². The van der Waals surface area contributed by atoms with Crippen LogP contribution in [0.2, 0.25) is 0 Å². The van der Waals surface area contributed by atoms with Gasteiger partial charge in [0.05, 0.1) is 23.3 Å². The van der Waals surface area contributed by atoms with Crippen LogP contribution in [-0.2, 0) is 6.54 Å². The van der Waals surface area contributed by atoms with Crippen LogP contribution in [0.3, 0.4) is 0 Å². The molecule has 0 aliphatic rings. The zero-order chi connectivity index (χ0) is 9.97. The Bertz CT molecular complexity index is 491. The average Bonchev–Trinajstić information content (AvgIpc) is 2.61. The molecule has 0 fully saturated rings. The quantitative estimate of drug-likeness (QED) is 0.720. The molecule has 1 aromatic carbocycles. The molecule has 70 valence electrons. The molecule has 1 heterocycles. The second kappa shape index (κ2) is 3.51. The molecule has 0 unspecified atom stereocenters. The van der Waals surface area contributed by atoms with Crippen molar-refractivity contribution < 1.29 is 0 Å². The molecule has 0 N–H and O–H groups in total. The molecule has 0 spiro atoms. The Labute approximate surface area is 82.6 Å². The van der Waals surface area contributed by atoms with E-state index >= 15 is 0 Å². The van der Waals surface area contributed by atoms with Crippen molar-refractivity contribution in [3.05, 3.63) is 30.0 Å². The first kappa shape index (κ1) is 8.76. The highest BCUT2D eigenvalue weighted by molar-refractivity contribution is 5.80. The van der Waals surface area contributed by atoms with Gasteiger partial charge in [-0.2, -0.15) is 10.4 Å². The van der Waals surface area contributed by atoms with Gasteiger partial charge in [0, 0.05) is 11.9 Å². The summed E-state index contributed by atoms with van der Waals surface area (Å²) in [6, 6.07) is 7.78. The topological polar surface area (TPSA) is 41.6 Å². The minimum Gasteiger partial charge on any atom is -0.265 e. The van der Waals surface area contributed by atoms with Crippen LogP contribution in [0.15, 0.2) is 24.4 Å². The third-order valence-electron chi connectivity index (χ3n) is 2.21. The van der Waals surface area contributed by atoms with Crippen LogP contribution in [0.25, 0.3) is 10.9 Å². The zero-order valence-corrected chi connectivity index (χ0v) is 8.07. The summed E-state index contributed by atoms with van der Waals surface area (Å²) in [6.45, 7) is 3.05. The first-order valence-corrected chi connectivity index (χ1v) is 4.71. The smallest absolute Gasteiger partial charge is 0.0991 e. The lowest BCUT2D eigenvalue weighted by molar-refractivity contribution is 0.622. The number of hydrogen-bond acceptors (Lipinski definition) is 2. The van der Waals surface area contributed by atoms with Gasteiger partial charge in [-0.1, -0.05) is 6.92 Å². The van der Waals surface area contributed by atoms with E-state index in [1.165, 1.54) is 0 Å². The molecule has 0 aliphatic heterocycles. The molecule has 2 aromatic rings. The van der Waals surface area contributed by atoms with Crippen molar-refractivity contribution in [1.82, 2.24) is 9.78 Å². The summed E-state index contributed by atoms with van der Waals surface area (Å²) in [5.74, 6) is 0. The van der Waals surface area contributed by atoms with Crippen LogP contribution < -0.4 is 0 Å². The lowest BCUT2D eigenvalue weighted by Crippen LogP contribution is -1.97. The van der Waals surface area contributed by atoms with E-state index in [1.54, 1.807) is 0 Å². The first-order chi connectivity index (χ1) is 6.85. The SMILES string of the molecule is CCCn1ncc2cc(C#N)ccc21. The second-order valence-corrected chi connectivity index (χ2v) is 3.25. The lowest BCUT2D eigenvalue weighted by Gasteiger charge is -1.99. The third kappa shape index (κ3) is 1.35. The Morgan fingerprint density at radius 2 is 2.36 bits per heavy atom. The number of fused-ring (bicyclic) bond motifs is 1. The maximum atomic E-state index is 8.73. The van der Waals surface area contributed by atoms with Crippen LogP contribution >= 0.6 is 0 Å². The van der Waals surface area contributed by atoms with Crippen molar-refractivity contribution in [3.8, 4) is 6.07 Å². The fourth-order valence-corrected chi connectivity index (χ4v) is 1.55. The average molecular weight is 185 g/mol. The molecule has 0 bridgehead atoms. The first-order valence-electron chi connectivity index (χ1n) is 4.71. The van der Waals surface area contributed by atoms with E-state index in [1.807, 2.05) is 29.1 Å². The molecule has 1 aromatic heterocycles. The van der Waals surface area contributed by atoms with Crippen LogP contribution in [-0.4, -0.2) is 9.78 Å².